The topological polar surface area (TPSA) is 54.3 Å². The van der Waals surface area contributed by atoms with Gasteiger partial charge in [-0.15, -0.1) is 0 Å². The number of nitrogens with one attached hydrogen (secondary N) is 1. The summed E-state index contributed by atoms with van der Waals surface area (Å²) in [7, 11) is 3.34. The predicted molar refractivity (Wildman–Crippen MR) is 106 cm³/mol. The lowest BCUT2D eigenvalue weighted by atomic mass is 10.0. The van der Waals surface area contributed by atoms with Crippen molar-refractivity contribution in [1.29, 1.82) is 0 Å². The molecule has 0 bridgehead atoms. The lowest BCUT2D eigenvalue weighted by molar-refractivity contribution is 0.208. The number of hydrogen-bond acceptors (Lipinski definition) is 2. The second kappa shape index (κ2) is 7.40. The van der Waals surface area contributed by atoms with Crippen molar-refractivity contribution in [3.05, 3.63) is 75.4 Å². The lowest BCUT2D eigenvalue weighted by Gasteiger charge is -2.27. The van der Waals surface area contributed by atoms with Crippen molar-refractivity contribution in [2.24, 2.45) is 7.05 Å². The highest BCUT2D eigenvalue weighted by Gasteiger charge is 2.21. The molecule has 0 aliphatic heterocycles. The van der Waals surface area contributed by atoms with Crippen LogP contribution in [0.15, 0.2) is 53.5 Å². The molecule has 1 atom stereocenters. The van der Waals surface area contributed by atoms with E-state index in [4.69, 9.17) is 11.6 Å². The van der Waals surface area contributed by atoms with Gasteiger partial charge >= 0.3 is 6.03 Å². The van der Waals surface area contributed by atoms with E-state index in [1.807, 2.05) is 25.1 Å². The number of nitrogens with zero attached hydrogens (tertiary/aromatic N) is 2. The second-order valence-electron chi connectivity index (χ2n) is 6.39. The normalized spacial score (nSPS) is 12.0. The van der Waals surface area contributed by atoms with E-state index in [0.717, 1.165) is 10.9 Å². The molecule has 2 amide bonds. The minimum Gasteiger partial charge on any atom is -0.321 e. The molecule has 0 aliphatic rings. The van der Waals surface area contributed by atoms with Crippen LogP contribution in [0.5, 0.6) is 0 Å². The third-order valence-electron chi connectivity index (χ3n) is 4.64. The van der Waals surface area contributed by atoms with Gasteiger partial charge < -0.3 is 14.8 Å². The number of carbonyl (C=O) groups excluding carboxylic acids is 1. The maximum Gasteiger partial charge on any atom is 0.322 e. The Hall–Kier alpha value is -2.86. The fourth-order valence-electron chi connectivity index (χ4n) is 2.95. The van der Waals surface area contributed by atoms with Crippen molar-refractivity contribution in [2.75, 3.05) is 12.4 Å². The van der Waals surface area contributed by atoms with Crippen LogP contribution < -0.4 is 10.9 Å². The zero-order chi connectivity index (χ0) is 19.7. The molecule has 5 nitrogen and oxygen atoms in total. The van der Waals surface area contributed by atoms with E-state index in [2.05, 4.69) is 5.32 Å². The summed E-state index contributed by atoms with van der Waals surface area (Å²) in [6.45, 7) is 1.88. The number of rotatable bonds is 3. The Kier molecular flexibility index (Phi) is 5.19. The summed E-state index contributed by atoms with van der Waals surface area (Å²) in [6, 6.07) is 10.6. The van der Waals surface area contributed by atoms with Gasteiger partial charge in [-0.2, -0.15) is 0 Å². The molecular formula is C20H19ClFN3O2. The molecule has 7 heteroatoms. The third-order valence-corrected chi connectivity index (χ3v) is 4.93. The van der Waals surface area contributed by atoms with Crippen molar-refractivity contribution in [3.8, 4) is 0 Å². The summed E-state index contributed by atoms with van der Waals surface area (Å²) in [5.74, 6) is -0.548. The number of amides is 2. The van der Waals surface area contributed by atoms with E-state index in [0.29, 0.717) is 11.1 Å². The predicted octanol–water partition coefficient (Wildman–Crippen LogP) is 4.56. The van der Waals surface area contributed by atoms with Crippen molar-refractivity contribution in [3.63, 3.8) is 0 Å². The minimum absolute atomic E-state index is 0.0624. The van der Waals surface area contributed by atoms with Gasteiger partial charge in [0.05, 0.1) is 11.1 Å². The molecule has 0 spiro atoms. The van der Waals surface area contributed by atoms with Crippen molar-refractivity contribution < 1.29 is 9.18 Å². The molecule has 140 valence electrons. The maximum atomic E-state index is 13.3. The average Bonchev–Trinajstić information content (AvgIpc) is 2.66. The molecule has 1 aromatic heterocycles. The van der Waals surface area contributed by atoms with Crippen LogP contribution in [0, 0.1) is 5.82 Å². The van der Waals surface area contributed by atoms with E-state index < -0.39 is 5.82 Å². The van der Waals surface area contributed by atoms with Crippen LogP contribution in [0.1, 0.15) is 18.5 Å². The van der Waals surface area contributed by atoms with E-state index >= 15 is 0 Å². The van der Waals surface area contributed by atoms with E-state index in [9.17, 15) is 14.0 Å². The molecule has 1 heterocycles. The number of aryl methyl sites for hydroxylation is 1. The number of aromatic nitrogens is 1. The van der Waals surface area contributed by atoms with Crippen molar-refractivity contribution in [2.45, 2.75) is 13.0 Å². The standard InChI is InChI=1S/C20H19ClFN3O2/c1-12(16-11-24(2)19(26)15-7-5-4-6-14(15)16)25(3)20(27)23-13-8-9-18(22)17(21)10-13/h4-12H,1-3H3,(H,23,27)/t12-/m0/s1. The average molecular weight is 388 g/mol. The molecule has 0 radical (unpaired) electrons. The summed E-state index contributed by atoms with van der Waals surface area (Å²) in [5, 5.41) is 4.04. The third kappa shape index (κ3) is 3.66. The van der Waals surface area contributed by atoms with E-state index in [-0.39, 0.29) is 22.7 Å². The van der Waals surface area contributed by atoms with Gasteiger partial charge in [0.2, 0.25) is 0 Å². The maximum absolute atomic E-state index is 13.3. The molecule has 0 saturated heterocycles. The molecule has 3 rings (SSSR count). The van der Waals surface area contributed by atoms with Crippen LogP contribution in [0.2, 0.25) is 5.02 Å². The van der Waals surface area contributed by atoms with Crippen LogP contribution in [0.4, 0.5) is 14.9 Å². The SMILES string of the molecule is C[C@@H](c1cn(C)c(=O)c2ccccc12)N(C)C(=O)Nc1ccc(F)c(Cl)c1. The first kappa shape index (κ1) is 18.9. The lowest BCUT2D eigenvalue weighted by Crippen LogP contribution is -2.34. The van der Waals surface area contributed by atoms with Crippen molar-refractivity contribution >= 4 is 34.1 Å². The Bertz CT molecular complexity index is 1080. The number of carbonyl (C=O) groups is 1. The van der Waals surface area contributed by atoms with Gasteiger partial charge in [-0.3, -0.25) is 4.79 Å². The van der Waals surface area contributed by atoms with Crippen LogP contribution >= 0.6 is 11.6 Å². The first-order valence-corrected chi connectivity index (χ1v) is 8.74. The molecule has 0 aliphatic carbocycles. The Balaban J connectivity index is 1.91. The van der Waals surface area contributed by atoms with Gasteiger partial charge in [0.1, 0.15) is 5.82 Å². The first-order chi connectivity index (χ1) is 12.8. The molecule has 0 unspecified atom stereocenters. The summed E-state index contributed by atoms with van der Waals surface area (Å²) in [4.78, 5) is 26.5. The number of fused-ring (bicyclic) bond motifs is 1. The number of halogens is 2. The number of anilines is 1. The zero-order valence-corrected chi connectivity index (χ0v) is 15.9. The highest BCUT2D eigenvalue weighted by molar-refractivity contribution is 6.31. The van der Waals surface area contributed by atoms with E-state index in [1.165, 1.54) is 27.7 Å². The van der Waals surface area contributed by atoms with Crippen molar-refractivity contribution in [1.82, 2.24) is 9.47 Å². The van der Waals surface area contributed by atoms with Crippen LogP contribution in [-0.2, 0) is 7.05 Å². The Morgan fingerprint density at radius 2 is 1.89 bits per heavy atom. The molecule has 1 N–H and O–H groups in total. The highest BCUT2D eigenvalue weighted by Crippen LogP contribution is 2.26. The smallest absolute Gasteiger partial charge is 0.321 e. The van der Waals surface area contributed by atoms with Crippen LogP contribution in [0.25, 0.3) is 10.8 Å². The quantitative estimate of drug-likeness (QED) is 0.716. The highest BCUT2D eigenvalue weighted by atomic mass is 35.5. The zero-order valence-electron chi connectivity index (χ0n) is 15.2. The fraction of sp³-hybridized carbons (Fsp3) is 0.200. The number of urea groups is 1. The first-order valence-electron chi connectivity index (χ1n) is 8.36. The van der Waals surface area contributed by atoms with E-state index in [1.54, 1.807) is 26.4 Å². The fourth-order valence-corrected chi connectivity index (χ4v) is 3.13. The molecule has 2 aromatic carbocycles. The van der Waals surface area contributed by atoms with Gasteiger partial charge in [0, 0.05) is 31.4 Å². The van der Waals surface area contributed by atoms with Crippen LogP contribution in [0.3, 0.4) is 0 Å². The van der Waals surface area contributed by atoms with Gasteiger partial charge in [-0.1, -0.05) is 29.8 Å². The Morgan fingerprint density at radius 1 is 1.22 bits per heavy atom. The number of benzene rings is 2. The Labute approximate surface area is 161 Å². The summed E-state index contributed by atoms with van der Waals surface area (Å²) >= 11 is 5.76. The second-order valence-corrected chi connectivity index (χ2v) is 6.80. The molecule has 0 saturated carbocycles. The van der Waals surface area contributed by atoms with Gasteiger partial charge in [-0.25, -0.2) is 9.18 Å². The van der Waals surface area contributed by atoms with Gasteiger partial charge in [-0.05, 0) is 42.1 Å². The number of pyridine rings is 1. The van der Waals surface area contributed by atoms with Gasteiger partial charge in [0.15, 0.2) is 0 Å². The summed E-state index contributed by atoms with van der Waals surface area (Å²) < 4.78 is 14.8. The monoisotopic (exact) mass is 387 g/mol. The largest absolute Gasteiger partial charge is 0.322 e. The summed E-state index contributed by atoms with van der Waals surface area (Å²) in [5.41, 5.74) is 1.16. The van der Waals surface area contributed by atoms with Crippen LogP contribution in [-0.4, -0.2) is 22.5 Å². The Morgan fingerprint density at radius 3 is 2.56 bits per heavy atom. The molecule has 3 aromatic rings. The molecular weight excluding hydrogens is 369 g/mol. The number of hydrogen-bond donors (Lipinski definition) is 1. The molecule has 27 heavy (non-hydrogen) atoms. The van der Waals surface area contributed by atoms with Gasteiger partial charge in [0.25, 0.3) is 5.56 Å². The summed E-state index contributed by atoms with van der Waals surface area (Å²) in [6.07, 6.45) is 1.74. The molecule has 0 fully saturated rings. The minimum atomic E-state index is -0.548.